The topological polar surface area (TPSA) is 0 Å². The van der Waals surface area contributed by atoms with Gasteiger partial charge in [-0.25, -0.2) is 0 Å². The maximum Gasteiger partial charge on any atom is -0.0152 e. The highest BCUT2D eigenvalue weighted by atomic mass is 14.5. The van der Waals surface area contributed by atoms with Crippen LogP contribution in [0.1, 0.15) is 53.4 Å². The maximum absolute atomic E-state index is 4.15. The fourth-order valence-corrected chi connectivity index (χ4v) is 3.60. The summed E-state index contributed by atoms with van der Waals surface area (Å²) in [6, 6.07) is 0. The molecule has 2 bridgehead atoms. The standard InChI is InChI=1S/C12H20.C2H6/c1-8(2)12-9(3)10-4-6-11(12)7-5-10;1-2/h9-12H,1,4-7H2,2-3H3;1-2H3/t9-,10?,11?,12-;/m0./s1. The lowest BCUT2D eigenvalue weighted by Gasteiger charge is -2.48. The summed E-state index contributed by atoms with van der Waals surface area (Å²) < 4.78 is 0. The van der Waals surface area contributed by atoms with Gasteiger partial charge < -0.3 is 0 Å². The summed E-state index contributed by atoms with van der Waals surface area (Å²) in [5, 5.41) is 0. The molecule has 0 saturated heterocycles. The highest BCUT2D eigenvalue weighted by Crippen LogP contribution is 2.50. The van der Waals surface area contributed by atoms with Crippen LogP contribution in [-0.2, 0) is 0 Å². The second-order valence-electron chi connectivity index (χ2n) is 4.91. The molecule has 2 atom stereocenters. The van der Waals surface area contributed by atoms with Crippen molar-refractivity contribution in [3.8, 4) is 0 Å². The summed E-state index contributed by atoms with van der Waals surface area (Å²) in [4.78, 5) is 0. The van der Waals surface area contributed by atoms with E-state index >= 15 is 0 Å². The third-order valence-corrected chi connectivity index (χ3v) is 4.20. The summed E-state index contributed by atoms with van der Waals surface area (Å²) >= 11 is 0. The van der Waals surface area contributed by atoms with Gasteiger partial charge in [-0.15, -0.1) is 0 Å². The Morgan fingerprint density at radius 3 is 1.71 bits per heavy atom. The highest BCUT2D eigenvalue weighted by Gasteiger charge is 2.40. The highest BCUT2D eigenvalue weighted by molar-refractivity contribution is 5.06. The molecule has 3 aliphatic carbocycles. The molecule has 3 saturated carbocycles. The number of rotatable bonds is 1. The number of hydrogen-bond donors (Lipinski definition) is 0. The van der Waals surface area contributed by atoms with Gasteiger partial charge in [-0.3, -0.25) is 0 Å². The Bertz CT molecular complexity index is 182. The van der Waals surface area contributed by atoms with Crippen molar-refractivity contribution in [3.63, 3.8) is 0 Å². The van der Waals surface area contributed by atoms with Crippen molar-refractivity contribution in [1.29, 1.82) is 0 Å². The quantitative estimate of drug-likeness (QED) is 0.532. The molecular formula is C14H26. The predicted molar refractivity (Wildman–Crippen MR) is 64.3 cm³/mol. The van der Waals surface area contributed by atoms with Crippen molar-refractivity contribution >= 4 is 0 Å². The smallest absolute Gasteiger partial charge is 0.0152 e. The fraction of sp³-hybridized carbons (Fsp3) is 0.857. The van der Waals surface area contributed by atoms with Crippen molar-refractivity contribution in [3.05, 3.63) is 12.2 Å². The Morgan fingerprint density at radius 1 is 1.00 bits per heavy atom. The van der Waals surface area contributed by atoms with Crippen molar-refractivity contribution in [2.75, 3.05) is 0 Å². The van der Waals surface area contributed by atoms with Gasteiger partial charge >= 0.3 is 0 Å². The Morgan fingerprint density at radius 2 is 1.43 bits per heavy atom. The van der Waals surface area contributed by atoms with Crippen molar-refractivity contribution in [1.82, 2.24) is 0 Å². The largest absolute Gasteiger partial charge is 0.0998 e. The molecule has 0 N–H and O–H groups in total. The summed E-state index contributed by atoms with van der Waals surface area (Å²) in [5.74, 6) is 3.80. The predicted octanol–water partition coefficient (Wildman–Crippen LogP) is 4.66. The molecule has 3 aliphatic rings. The lowest BCUT2D eigenvalue weighted by atomic mass is 9.58. The first-order valence-corrected chi connectivity index (χ1v) is 6.35. The van der Waals surface area contributed by atoms with Gasteiger partial charge in [0.1, 0.15) is 0 Å². The zero-order valence-electron chi connectivity index (χ0n) is 10.3. The van der Waals surface area contributed by atoms with Crippen LogP contribution < -0.4 is 0 Å². The van der Waals surface area contributed by atoms with Crippen LogP contribution in [-0.4, -0.2) is 0 Å². The molecule has 0 aromatic carbocycles. The van der Waals surface area contributed by atoms with E-state index in [1.54, 1.807) is 0 Å². The second kappa shape index (κ2) is 5.00. The normalized spacial score (nSPS) is 40.0. The van der Waals surface area contributed by atoms with Crippen molar-refractivity contribution in [2.24, 2.45) is 23.7 Å². The summed E-state index contributed by atoms with van der Waals surface area (Å²) in [5.41, 5.74) is 1.44. The van der Waals surface area contributed by atoms with E-state index in [0.717, 1.165) is 23.7 Å². The third kappa shape index (κ3) is 2.04. The zero-order valence-corrected chi connectivity index (χ0v) is 10.3. The van der Waals surface area contributed by atoms with E-state index in [1.165, 1.54) is 31.3 Å². The Hall–Kier alpha value is -0.260. The van der Waals surface area contributed by atoms with Gasteiger partial charge in [0.05, 0.1) is 0 Å². The lowest BCUT2D eigenvalue weighted by Crippen LogP contribution is -2.38. The number of hydrogen-bond acceptors (Lipinski definition) is 0. The SMILES string of the molecule is C=C(C)[C@@H]1C2CCC(CC2)[C@@H]1C.CC. The van der Waals surface area contributed by atoms with E-state index in [-0.39, 0.29) is 0 Å². The molecule has 0 heterocycles. The molecule has 0 radical (unpaired) electrons. The van der Waals surface area contributed by atoms with Gasteiger partial charge in [0.25, 0.3) is 0 Å². The van der Waals surface area contributed by atoms with Crippen molar-refractivity contribution < 1.29 is 0 Å². The first-order chi connectivity index (χ1) is 6.70. The van der Waals surface area contributed by atoms with Crippen LogP contribution in [0.15, 0.2) is 12.2 Å². The molecule has 0 spiro atoms. The average molecular weight is 194 g/mol. The van der Waals surface area contributed by atoms with Crippen LogP contribution in [0.2, 0.25) is 0 Å². The van der Waals surface area contributed by atoms with Crippen LogP contribution in [0.4, 0.5) is 0 Å². The molecule has 0 amide bonds. The van der Waals surface area contributed by atoms with Crippen LogP contribution in [0, 0.1) is 23.7 Å². The van der Waals surface area contributed by atoms with Gasteiger partial charge in [0.2, 0.25) is 0 Å². The fourth-order valence-electron chi connectivity index (χ4n) is 3.60. The maximum atomic E-state index is 4.15. The van der Waals surface area contributed by atoms with E-state index in [9.17, 15) is 0 Å². The monoisotopic (exact) mass is 194 g/mol. The molecule has 0 heteroatoms. The van der Waals surface area contributed by atoms with Crippen LogP contribution in [0.25, 0.3) is 0 Å². The summed E-state index contributed by atoms with van der Waals surface area (Å²) in [7, 11) is 0. The van der Waals surface area contributed by atoms with E-state index in [2.05, 4.69) is 20.4 Å². The summed E-state index contributed by atoms with van der Waals surface area (Å²) in [6.07, 6.45) is 5.95. The minimum Gasteiger partial charge on any atom is -0.0998 e. The first kappa shape index (κ1) is 11.8. The molecule has 0 aromatic heterocycles. The number of allylic oxidation sites excluding steroid dienone is 1. The minimum absolute atomic E-state index is 0.859. The first-order valence-electron chi connectivity index (χ1n) is 6.35. The second-order valence-corrected chi connectivity index (χ2v) is 4.91. The molecule has 3 rings (SSSR count). The average Bonchev–Trinajstić information content (AvgIpc) is 2.21. The van der Waals surface area contributed by atoms with E-state index < -0.39 is 0 Å². The van der Waals surface area contributed by atoms with Crippen LogP contribution in [0.3, 0.4) is 0 Å². The molecule has 0 nitrogen and oxygen atoms in total. The van der Waals surface area contributed by atoms with Gasteiger partial charge in [-0.1, -0.05) is 32.9 Å². The molecular weight excluding hydrogens is 168 g/mol. The Balaban J connectivity index is 0.000000461. The Labute approximate surface area is 89.8 Å². The third-order valence-electron chi connectivity index (χ3n) is 4.20. The molecule has 0 aliphatic heterocycles. The summed E-state index contributed by atoms with van der Waals surface area (Å²) in [6.45, 7) is 12.8. The molecule has 0 unspecified atom stereocenters. The van der Waals surface area contributed by atoms with E-state index in [0.29, 0.717) is 0 Å². The van der Waals surface area contributed by atoms with Gasteiger partial charge in [-0.2, -0.15) is 0 Å². The molecule has 14 heavy (non-hydrogen) atoms. The Kier molecular flexibility index (Phi) is 4.22. The zero-order chi connectivity index (χ0) is 10.7. The lowest BCUT2D eigenvalue weighted by molar-refractivity contribution is 0.0558. The van der Waals surface area contributed by atoms with Crippen LogP contribution >= 0.6 is 0 Å². The van der Waals surface area contributed by atoms with E-state index in [1.807, 2.05) is 13.8 Å². The molecule has 3 fully saturated rings. The van der Waals surface area contributed by atoms with Gasteiger partial charge in [-0.05, 0) is 56.3 Å². The van der Waals surface area contributed by atoms with E-state index in [4.69, 9.17) is 0 Å². The van der Waals surface area contributed by atoms with Gasteiger partial charge in [0.15, 0.2) is 0 Å². The minimum atomic E-state index is 0.859. The van der Waals surface area contributed by atoms with Gasteiger partial charge in [0, 0.05) is 0 Å². The number of fused-ring (bicyclic) bond motifs is 3. The van der Waals surface area contributed by atoms with Crippen molar-refractivity contribution in [2.45, 2.75) is 53.4 Å². The molecule has 0 aromatic rings. The van der Waals surface area contributed by atoms with Crippen LogP contribution in [0.5, 0.6) is 0 Å². The molecule has 82 valence electrons.